The quantitative estimate of drug-likeness (QED) is 0.879. The largest absolute Gasteiger partial charge is 0.449 e. The molecule has 1 aromatic rings. The van der Waals surface area contributed by atoms with Crippen molar-refractivity contribution in [3.63, 3.8) is 0 Å². The summed E-state index contributed by atoms with van der Waals surface area (Å²) < 4.78 is 24.9. The van der Waals surface area contributed by atoms with Gasteiger partial charge in [-0.2, -0.15) is 0 Å². The van der Waals surface area contributed by atoms with Gasteiger partial charge in [-0.15, -0.1) is 0 Å². The van der Waals surface area contributed by atoms with Crippen molar-refractivity contribution >= 4 is 29.5 Å². The summed E-state index contributed by atoms with van der Waals surface area (Å²) in [6, 6.07) is 2.85. The molecule has 1 fully saturated rings. The Hall–Kier alpha value is -2.84. The molecule has 2 aliphatic heterocycles. The van der Waals surface area contributed by atoms with E-state index in [2.05, 4.69) is 5.32 Å². The van der Waals surface area contributed by atoms with Crippen LogP contribution in [0.5, 0.6) is 0 Å². The van der Waals surface area contributed by atoms with Crippen molar-refractivity contribution < 1.29 is 28.2 Å². The zero-order chi connectivity index (χ0) is 18.8. The monoisotopic (exact) mass is 365 g/mol. The second-order valence-electron chi connectivity index (χ2n) is 6.13. The Balaban J connectivity index is 1.81. The van der Waals surface area contributed by atoms with Crippen LogP contribution in [0.1, 0.15) is 18.9 Å². The Bertz CT molecular complexity index is 754. The molecule has 2 aliphatic rings. The van der Waals surface area contributed by atoms with Gasteiger partial charge in [-0.25, -0.2) is 14.0 Å². The number of carbonyl (C=O) groups is 3. The van der Waals surface area contributed by atoms with Gasteiger partial charge < -0.3 is 14.8 Å². The third-order valence-corrected chi connectivity index (χ3v) is 4.37. The summed E-state index contributed by atoms with van der Waals surface area (Å²) in [5.41, 5.74) is 1.07. The molecule has 140 valence electrons. The number of rotatable bonds is 4. The lowest BCUT2D eigenvalue weighted by molar-refractivity contribution is -0.121. The van der Waals surface area contributed by atoms with Crippen LogP contribution in [0.4, 0.5) is 25.4 Å². The van der Waals surface area contributed by atoms with E-state index in [1.165, 1.54) is 18.0 Å². The standard InChI is InChI=1S/C17H20FN3O5/c1-3-14(22)19-8-12-9-21(17(24)26-12)11-6-10-4-5-25-16(23)20(2)15(10)13(18)7-11/h6-7,12H,3-5,8-9H2,1-2H3,(H,19,22)/t12-/m0/s1. The highest BCUT2D eigenvalue weighted by molar-refractivity contribution is 5.93. The van der Waals surface area contributed by atoms with Gasteiger partial charge in [-0.3, -0.25) is 14.6 Å². The van der Waals surface area contributed by atoms with E-state index in [-0.39, 0.29) is 31.3 Å². The minimum absolute atomic E-state index is 0.134. The summed E-state index contributed by atoms with van der Waals surface area (Å²) in [6.07, 6.45) is -1.05. The number of ether oxygens (including phenoxy) is 2. The molecule has 0 saturated carbocycles. The van der Waals surface area contributed by atoms with Crippen LogP contribution >= 0.6 is 0 Å². The number of cyclic esters (lactones) is 2. The van der Waals surface area contributed by atoms with Crippen molar-refractivity contribution in [3.05, 3.63) is 23.5 Å². The molecule has 1 N–H and O–H groups in total. The second kappa shape index (κ2) is 7.19. The van der Waals surface area contributed by atoms with Crippen LogP contribution in [0, 0.1) is 5.82 Å². The molecule has 3 rings (SSSR count). The van der Waals surface area contributed by atoms with Crippen LogP contribution < -0.4 is 15.1 Å². The molecule has 0 spiro atoms. The summed E-state index contributed by atoms with van der Waals surface area (Å²) in [7, 11) is 1.44. The summed E-state index contributed by atoms with van der Waals surface area (Å²) in [5, 5.41) is 2.67. The first-order valence-electron chi connectivity index (χ1n) is 8.38. The van der Waals surface area contributed by atoms with E-state index in [1.807, 2.05) is 0 Å². The van der Waals surface area contributed by atoms with E-state index in [0.717, 1.165) is 4.90 Å². The predicted octanol–water partition coefficient (Wildman–Crippen LogP) is 1.81. The van der Waals surface area contributed by atoms with Gasteiger partial charge in [0.25, 0.3) is 0 Å². The maximum Gasteiger partial charge on any atom is 0.414 e. The van der Waals surface area contributed by atoms with Gasteiger partial charge in [-0.05, 0) is 17.7 Å². The van der Waals surface area contributed by atoms with Crippen LogP contribution in [0.3, 0.4) is 0 Å². The Morgan fingerprint density at radius 3 is 2.85 bits per heavy atom. The Morgan fingerprint density at radius 1 is 1.35 bits per heavy atom. The highest BCUT2D eigenvalue weighted by atomic mass is 19.1. The molecule has 0 bridgehead atoms. The van der Waals surface area contributed by atoms with Gasteiger partial charge in [0.1, 0.15) is 11.9 Å². The number of amides is 3. The fourth-order valence-corrected chi connectivity index (χ4v) is 2.99. The highest BCUT2D eigenvalue weighted by Crippen LogP contribution is 2.33. The van der Waals surface area contributed by atoms with E-state index < -0.39 is 24.1 Å². The second-order valence-corrected chi connectivity index (χ2v) is 6.13. The van der Waals surface area contributed by atoms with Crippen LogP contribution in [0.25, 0.3) is 0 Å². The number of hydrogen-bond donors (Lipinski definition) is 1. The molecular weight excluding hydrogens is 345 g/mol. The van der Waals surface area contributed by atoms with E-state index in [0.29, 0.717) is 24.1 Å². The number of carbonyl (C=O) groups excluding carboxylic acids is 3. The number of halogens is 1. The van der Waals surface area contributed by atoms with Crippen LogP contribution in [0.2, 0.25) is 0 Å². The average Bonchev–Trinajstić information content (AvgIpc) is 2.92. The van der Waals surface area contributed by atoms with Crippen molar-refractivity contribution in [1.29, 1.82) is 0 Å². The Morgan fingerprint density at radius 2 is 2.12 bits per heavy atom. The number of nitrogens with one attached hydrogen (secondary N) is 1. The molecule has 0 unspecified atom stereocenters. The van der Waals surface area contributed by atoms with Crippen molar-refractivity contribution in [2.24, 2.45) is 0 Å². The molecular formula is C17H20FN3O5. The molecule has 1 atom stereocenters. The predicted molar refractivity (Wildman–Crippen MR) is 90.8 cm³/mol. The molecule has 0 aromatic heterocycles. The van der Waals surface area contributed by atoms with Crippen molar-refractivity contribution in [2.75, 3.05) is 36.5 Å². The molecule has 1 saturated heterocycles. The van der Waals surface area contributed by atoms with Crippen LogP contribution in [-0.2, 0) is 20.7 Å². The number of benzene rings is 1. The average molecular weight is 365 g/mol. The van der Waals surface area contributed by atoms with Crippen molar-refractivity contribution in [3.8, 4) is 0 Å². The van der Waals surface area contributed by atoms with E-state index >= 15 is 0 Å². The van der Waals surface area contributed by atoms with Crippen molar-refractivity contribution in [1.82, 2.24) is 5.32 Å². The maximum atomic E-state index is 14.6. The lowest BCUT2D eigenvalue weighted by atomic mass is 10.1. The van der Waals surface area contributed by atoms with Gasteiger partial charge in [0.2, 0.25) is 5.91 Å². The third kappa shape index (κ3) is 3.42. The topological polar surface area (TPSA) is 88.2 Å². The molecule has 26 heavy (non-hydrogen) atoms. The van der Waals surface area contributed by atoms with E-state index in [4.69, 9.17) is 9.47 Å². The van der Waals surface area contributed by atoms with Crippen LogP contribution in [0.15, 0.2) is 12.1 Å². The first kappa shape index (κ1) is 18.0. The van der Waals surface area contributed by atoms with E-state index in [9.17, 15) is 18.8 Å². The van der Waals surface area contributed by atoms with Gasteiger partial charge in [0.15, 0.2) is 0 Å². The van der Waals surface area contributed by atoms with E-state index in [1.54, 1.807) is 13.0 Å². The molecule has 9 heteroatoms. The Labute approximate surface area is 149 Å². The van der Waals surface area contributed by atoms with Gasteiger partial charge >= 0.3 is 12.2 Å². The Kier molecular flexibility index (Phi) is 4.97. The maximum absolute atomic E-state index is 14.6. The first-order valence-corrected chi connectivity index (χ1v) is 8.38. The normalized spacial score (nSPS) is 19.6. The third-order valence-electron chi connectivity index (χ3n) is 4.37. The summed E-state index contributed by atoms with van der Waals surface area (Å²) in [4.78, 5) is 37.7. The fourth-order valence-electron chi connectivity index (χ4n) is 2.99. The summed E-state index contributed by atoms with van der Waals surface area (Å²) >= 11 is 0. The van der Waals surface area contributed by atoms with Gasteiger partial charge in [0.05, 0.1) is 31.1 Å². The van der Waals surface area contributed by atoms with Crippen molar-refractivity contribution in [2.45, 2.75) is 25.9 Å². The molecule has 8 nitrogen and oxygen atoms in total. The lowest BCUT2D eigenvalue weighted by Gasteiger charge is -2.20. The number of hydrogen-bond acceptors (Lipinski definition) is 5. The highest BCUT2D eigenvalue weighted by Gasteiger charge is 2.34. The fraction of sp³-hybridized carbons (Fsp3) is 0.471. The molecule has 2 heterocycles. The minimum Gasteiger partial charge on any atom is -0.449 e. The number of nitrogens with zero attached hydrogens (tertiary/aromatic N) is 2. The molecule has 0 radical (unpaired) electrons. The smallest absolute Gasteiger partial charge is 0.414 e. The molecule has 3 amide bonds. The minimum atomic E-state index is -0.622. The zero-order valence-electron chi connectivity index (χ0n) is 14.6. The van der Waals surface area contributed by atoms with Gasteiger partial charge in [0, 0.05) is 19.9 Å². The lowest BCUT2D eigenvalue weighted by Crippen LogP contribution is -2.34. The molecule has 1 aromatic carbocycles. The zero-order valence-corrected chi connectivity index (χ0v) is 14.6. The first-order chi connectivity index (χ1) is 12.4. The number of fused-ring (bicyclic) bond motifs is 1. The summed E-state index contributed by atoms with van der Waals surface area (Å²) in [6.45, 7) is 2.27. The molecule has 0 aliphatic carbocycles. The van der Waals surface area contributed by atoms with Gasteiger partial charge in [-0.1, -0.05) is 6.92 Å². The summed E-state index contributed by atoms with van der Waals surface area (Å²) in [5.74, 6) is -0.752. The van der Waals surface area contributed by atoms with Crippen LogP contribution in [-0.4, -0.2) is 50.9 Å². The SMILES string of the molecule is CCC(=O)NC[C@H]1CN(c2cc(F)c3c(c2)CCOC(=O)N3C)C(=O)O1. The number of anilines is 2.